The van der Waals surface area contributed by atoms with E-state index >= 15 is 0 Å². The first kappa shape index (κ1) is 12.1. The van der Waals surface area contributed by atoms with Gasteiger partial charge in [-0.05, 0) is 38.4 Å². The van der Waals surface area contributed by atoms with Gasteiger partial charge in [-0.1, -0.05) is 30.3 Å². The second-order valence-electron chi connectivity index (χ2n) is 5.02. The van der Waals surface area contributed by atoms with Crippen molar-refractivity contribution in [1.82, 2.24) is 4.90 Å². The van der Waals surface area contributed by atoms with Crippen LogP contribution in [-0.2, 0) is 10.3 Å². The standard InChI is InChI=1S/C14H19NO2/c1-14(11-6-4-3-5-7-11)12(10-13(16)17)8-9-15(14)2/h3-7,12H,8-10H2,1-2H3,(H,16,17). The van der Waals surface area contributed by atoms with Crippen LogP contribution in [0.3, 0.4) is 0 Å². The van der Waals surface area contributed by atoms with Crippen molar-refractivity contribution in [2.45, 2.75) is 25.3 Å². The van der Waals surface area contributed by atoms with Crippen LogP contribution in [0, 0.1) is 5.92 Å². The molecule has 2 atom stereocenters. The molecule has 1 aliphatic heterocycles. The molecule has 2 rings (SSSR count). The molecule has 0 aliphatic carbocycles. The predicted molar refractivity (Wildman–Crippen MR) is 66.8 cm³/mol. The van der Waals surface area contributed by atoms with E-state index in [0.29, 0.717) is 0 Å². The summed E-state index contributed by atoms with van der Waals surface area (Å²) in [5.41, 5.74) is 1.06. The average molecular weight is 233 g/mol. The smallest absolute Gasteiger partial charge is 0.303 e. The molecule has 1 heterocycles. The number of hydrogen-bond acceptors (Lipinski definition) is 2. The normalized spacial score (nSPS) is 29.4. The molecular weight excluding hydrogens is 214 g/mol. The van der Waals surface area contributed by atoms with E-state index < -0.39 is 5.97 Å². The lowest BCUT2D eigenvalue weighted by Gasteiger charge is -2.37. The van der Waals surface area contributed by atoms with Gasteiger partial charge >= 0.3 is 5.97 Å². The Hall–Kier alpha value is -1.35. The van der Waals surface area contributed by atoms with E-state index in [2.05, 4.69) is 31.0 Å². The fourth-order valence-electron chi connectivity index (χ4n) is 2.92. The second-order valence-corrected chi connectivity index (χ2v) is 5.02. The van der Waals surface area contributed by atoms with Crippen LogP contribution in [0.1, 0.15) is 25.3 Å². The number of benzene rings is 1. The van der Waals surface area contributed by atoms with E-state index in [1.807, 2.05) is 18.2 Å². The molecule has 17 heavy (non-hydrogen) atoms. The Morgan fingerprint density at radius 2 is 2.12 bits per heavy atom. The fraction of sp³-hybridized carbons (Fsp3) is 0.500. The topological polar surface area (TPSA) is 40.5 Å². The first-order valence-corrected chi connectivity index (χ1v) is 6.03. The van der Waals surface area contributed by atoms with Gasteiger partial charge in [0, 0.05) is 5.54 Å². The minimum atomic E-state index is -0.701. The number of carboxylic acid groups (broad SMARTS) is 1. The van der Waals surface area contributed by atoms with E-state index in [-0.39, 0.29) is 17.9 Å². The Balaban J connectivity index is 2.34. The van der Waals surface area contributed by atoms with Crippen molar-refractivity contribution in [3.05, 3.63) is 35.9 Å². The van der Waals surface area contributed by atoms with E-state index in [4.69, 9.17) is 5.11 Å². The summed E-state index contributed by atoms with van der Waals surface area (Å²) < 4.78 is 0. The zero-order chi connectivity index (χ0) is 12.5. The van der Waals surface area contributed by atoms with Crippen molar-refractivity contribution in [1.29, 1.82) is 0 Å². The Bertz CT molecular complexity index is 404. The maximum atomic E-state index is 11.0. The summed E-state index contributed by atoms with van der Waals surface area (Å²) in [5, 5.41) is 9.02. The molecule has 0 bridgehead atoms. The Morgan fingerprint density at radius 3 is 2.71 bits per heavy atom. The molecule has 3 heteroatoms. The summed E-state index contributed by atoms with van der Waals surface area (Å²) >= 11 is 0. The lowest BCUT2D eigenvalue weighted by atomic mass is 9.79. The summed E-state index contributed by atoms with van der Waals surface area (Å²) in [5.74, 6) is -0.514. The number of aliphatic carboxylic acids is 1. The van der Waals surface area contributed by atoms with Gasteiger partial charge < -0.3 is 5.11 Å². The molecule has 0 spiro atoms. The van der Waals surface area contributed by atoms with Crippen molar-refractivity contribution in [3.63, 3.8) is 0 Å². The van der Waals surface area contributed by atoms with Crippen molar-refractivity contribution < 1.29 is 9.90 Å². The molecule has 1 N–H and O–H groups in total. The number of nitrogens with zero attached hydrogens (tertiary/aromatic N) is 1. The fourth-order valence-corrected chi connectivity index (χ4v) is 2.92. The molecule has 0 amide bonds. The van der Waals surface area contributed by atoms with Crippen molar-refractivity contribution in [2.24, 2.45) is 5.92 Å². The summed E-state index contributed by atoms with van der Waals surface area (Å²) in [6, 6.07) is 10.2. The molecule has 1 aromatic rings. The third-order valence-electron chi connectivity index (χ3n) is 4.18. The highest BCUT2D eigenvalue weighted by Crippen LogP contribution is 2.43. The zero-order valence-corrected chi connectivity index (χ0v) is 10.4. The van der Waals surface area contributed by atoms with Crippen LogP contribution in [-0.4, -0.2) is 29.6 Å². The number of likely N-dealkylation sites (tertiary alicyclic amines) is 1. The molecule has 1 aliphatic rings. The Kier molecular flexibility index (Phi) is 3.20. The van der Waals surface area contributed by atoms with Gasteiger partial charge in [0.15, 0.2) is 0 Å². The summed E-state index contributed by atoms with van der Waals surface area (Å²) in [4.78, 5) is 13.2. The largest absolute Gasteiger partial charge is 0.481 e. The molecule has 1 aromatic carbocycles. The minimum absolute atomic E-state index is 0.153. The van der Waals surface area contributed by atoms with Gasteiger partial charge in [-0.25, -0.2) is 0 Å². The number of carbonyl (C=O) groups is 1. The highest BCUT2D eigenvalue weighted by molar-refractivity contribution is 5.67. The van der Waals surface area contributed by atoms with Crippen molar-refractivity contribution in [3.8, 4) is 0 Å². The van der Waals surface area contributed by atoms with Gasteiger partial charge in [-0.3, -0.25) is 9.69 Å². The van der Waals surface area contributed by atoms with E-state index in [1.54, 1.807) is 0 Å². The first-order valence-electron chi connectivity index (χ1n) is 6.03. The van der Waals surface area contributed by atoms with Crippen molar-refractivity contribution in [2.75, 3.05) is 13.6 Å². The van der Waals surface area contributed by atoms with Gasteiger partial charge in [0.1, 0.15) is 0 Å². The highest BCUT2D eigenvalue weighted by Gasteiger charge is 2.44. The van der Waals surface area contributed by atoms with E-state index in [0.717, 1.165) is 13.0 Å². The van der Waals surface area contributed by atoms with Crippen LogP contribution < -0.4 is 0 Å². The maximum Gasteiger partial charge on any atom is 0.303 e. The monoisotopic (exact) mass is 233 g/mol. The maximum absolute atomic E-state index is 11.0. The quantitative estimate of drug-likeness (QED) is 0.871. The summed E-state index contributed by atoms with van der Waals surface area (Å²) in [6.45, 7) is 3.12. The zero-order valence-electron chi connectivity index (χ0n) is 10.4. The molecule has 2 unspecified atom stereocenters. The Morgan fingerprint density at radius 1 is 1.47 bits per heavy atom. The van der Waals surface area contributed by atoms with Crippen LogP contribution in [0.4, 0.5) is 0 Å². The molecule has 1 saturated heterocycles. The van der Waals surface area contributed by atoms with Gasteiger partial charge in [-0.2, -0.15) is 0 Å². The number of rotatable bonds is 3. The molecule has 1 fully saturated rings. The Labute approximate surface area is 102 Å². The molecular formula is C14H19NO2. The van der Waals surface area contributed by atoms with Crippen LogP contribution in [0.25, 0.3) is 0 Å². The SMILES string of the molecule is CN1CCC(CC(=O)O)C1(C)c1ccccc1. The first-order chi connectivity index (χ1) is 8.05. The number of carboxylic acids is 1. The molecule has 92 valence electrons. The lowest BCUT2D eigenvalue weighted by molar-refractivity contribution is -0.138. The van der Waals surface area contributed by atoms with Crippen LogP contribution >= 0.6 is 0 Å². The molecule has 0 aromatic heterocycles. The third kappa shape index (κ3) is 2.07. The van der Waals surface area contributed by atoms with E-state index in [1.165, 1.54) is 5.56 Å². The van der Waals surface area contributed by atoms with E-state index in [9.17, 15) is 4.79 Å². The minimum Gasteiger partial charge on any atom is -0.481 e. The number of hydrogen-bond donors (Lipinski definition) is 1. The van der Waals surface area contributed by atoms with Gasteiger partial charge in [0.25, 0.3) is 0 Å². The average Bonchev–Trinajstić information content (AvgIpc) is 2.59. The van der Waals surface area contributed by atoms with Crippen molar-refractivity contribution >= 4 is 5.97 Å². The van der Waals surface area contributed by atoms with Gasteiger partial charge in [-0.15, -0.1) is 0 Å². The van der Waals surface area contributed by atoms with Crippen LogP contribution in [0.15, 0.2) is 30.3 Å². The second kappa shape index (κ2) is 4.49. The van der Waals surface area contributed by atoms with Gasteiger partial charge in [0.05, 0.1) is 6.42 Å². The third-order valence-corrected chi connectivity index (χ3v) is 4.18. The molecule has 0 radical (unpaired) electrons. The molecule has 3 nitrogen and oxygen atoms in total. The predicted octanol–water partition coefficient (Wildman–Crippen LogP) is 2.33. The highest BCUT2D eigenvalue weighted by atomic mass is 16.4. The lowest BCUT2D eigenvalue weighted by Crippen LogP contribution is -2.40. The van der Waals surface area contributed by atoms with Gasteiger partial charge in [0.2, 0.25) is 0 Å². The summed E-state index contributed by atoms with van der Waals surface area (Å²) in [7, 11) is 2.08. The molecule has 0 saturated carbocycles. The summed E-state index contributed by atoms with van der Waals surface area (Å²) in [6.07, 6.45) is 1.20. The van der Waals surface area contributed by atoms with Crippen LogP contribution in [0.5, 0.6) is 0 Å². The van der Waals surface area contributed by atoms with Crippen LogP contribution in [0.2, 0.25) is 0 Å².